The number of urea groups is 1. The van der Waals surface area contributed by atoms with Gasteiger partial charge in [0.15, 0.2) is 0 Å². The summed E-state index contributed by atoms with van der Waals surface area (Å²) in [5.74, 6) is 5.76. The molecule has 0 atom stereocenters. The largest absolute Gasteiger partial charge is 0.335 e. The van der Waals surface area contributed by atoms with Crippen LogP contribution in [-0.2, 0) is 6.54 Å². The van der Waals surface area contributed by atoms with Gasteiger partial charge in [-0.15, -0.1) is 0 Å². The molecule has 1 aromatic rings. The predicted octanol–water partition coefficient (Wildman–Crippen LogP) is 0.958. The second-order valence-corrected chi connectivity index (χ2v) is 4.30. The fourth-order valence-corrected chi connectivity index (χ4v) is 1.51. The molecule has 0 radical (unpaired) electrons. The minimum Gasteiger partial charge on any atom is -0.335 e. The first-order chi connectivity index (χ1) is 8.78. The Hall–Kier alpha value is -1.99. The molecule has 0 aromatic heterocycles. The summed E-state index contributed by atoms with van der Waals surface area (Å²) >= 11 is 0. The first kappa shape index (κ1) is 12.5. The molecule has 18 heavy (non-hydrogen) atoms. The highest BCUT2D eigenvalue weighted by Gasteiger charge is 2.22. The van der Waals surface area contributed by atoms with Gasteiger partial charge in [0.05, 0.1) is 6.54 Å². The average molecular weight is 243 g/mol. The third kappa shape index (κ3) is 4.11. The number of nitrogens with two attached hydrogens (primary N) is 1. The molecule has 2 amide bonds. The van der Waals surface area contributed by atoms with E-state index in [1.807, 2.05) is 24.3 Å². The zero-order chi connectivity index (χ0) is 12.8. The molecule has 0 saturated heterocycles. The molecular weight excluding hydrogens is 226 g/mol. The predicted molar refractivity (Wildman–Crippen MR) is 70.8 cm³/mol. The van der Waals surface area contributed by atoms with Gasteiger partial charge in [-0.25, -0.2) is 4.79 Å². The van der Waals surface area contributed by atoms with Crippen molar-refractivity contribution in [3.05, 3.63) is 35.4 Å². The second kappa shape index (κ2) is 6.08. The molecule has 0 unspecified atom stereocenters. The number of carbonyl (C=O) groups is 1. The van der Waals surface area contributed by atoms with Crippen molar-refractivity contribution >= 4 is 6.03 Å². The smallest absolute Gasteiger partial charge is 0.315 e. The second-order valence-electron chi connectivity index (χ2n) is 4.30. The van der Waals surface area contributed by atoms with Crippen molar-refractivity contribution in [1.82, 2.24) is 10.6 Å². The molecule has 1 fully saturated rings. The summed E-state index contributed by atoms with van der Waals surface area (Å²) in [6.45, 7) is 0.897. The molecule has 4 heteroatoms. The summed E-state index contributed by atoms with van der Waals surface area (Å²) in [4.78, 5) is 11.4. The number of hydrogen-bond acceptors (Lipinski definition) is 2. The Balaban J connectivity index is 1.80. The van der Waals surface area contributed by atoms with Crippen LogP contribution in [0.2, 0.25) is 0 Å². The van der Waals surface area contributed by atoms with E-state index in [2.05, 4.69) is 22.5 Å². The fraction of sp³-hybridized carbons (Fsp3) is 0.357. The van der Waals surface area contributed by atoms with Crippen LogP contribution in [0.3, 0.4) is 0 Å². The van der Waals surface area contributed by atoms with E-state index in [1.165, 1.54) is 0 Å². The lowest BCUT2D eigenvalue weighted by Gasteiger charge is -2.06. The SMILES string of the molecule is NCC#Cc1ccc(CNC(=O)NC2CC2)cc1. The van der Waals surface area contributed by atoms with Crippen LogP contribution in [0.25, 0.3) is 0 Å². The van der Waals surface area contributed by atoms with Crippen LogP contribution in [-0.4, -0.2) is 18.6 Å². The van der Waals surface area contributed by atoms with E-state index in [0.29, 0.717) is 19.1 Å². The Morgan fingerprint density at radius 1 is 1.33 bits per heavy atom. The zero-order valence-electron chi connectivity index (χ0n) is 10.2. The van der Waals surface area contributed by atoms with Crippen molar-refractivity contribution in [2.24, 2.45) is 5.73 Å². The van der Waals surface area contributed by atoms with Crippen molar-refractivity contribution in [2.75, 3.05) is 6.54 Å². The van der Waals surface area contributed by atoms with Crippen LogP contribution in [0.4, 0.5) is 4.79 Å². The van der Waals surface area contributed by atoms with Gasteiger partial charge < -0.3 is 16.4 Å². The minimum absolute atomic E-state index is 0.0931. The quantitative estimate of drug-likeness (QED) is 0.692. The van der Waals surface area contributed by atoms with Crippen molar-refractivity contribution < 1.29 is 4.79 Å². The lowest BCUT2D eigenvalue weighted by molar-refractivity contribution is 0.240. The van der Waals surface area contributed by atoms with Gasteiger partial charge in [0.25, 0.3) is 0 Å². The molecule has 0 aliphatic heterocycles. The molecule has 0 spiro atoms. The van der Waals surface area contributed by atoms with E-state index in [4.69, 9.17) is 5.73 Å². The van der Waals surface area contributed by atoms with Gasteiger partial charge in [-0.05, 0) is 30.5 Å². The molecule has 1 aliphatic rings. The van der Waals surface area contributed by atoms with Crippen LogP contribution in [0.1, 0.15) is 24.0 Å². The maximum absolute atomic E-state index is 11.4. The van der Waals surface area contributed by atoms with Gasteiger partial charge in [0.2, 0.25) is 0 Å². The average Bonchev–Trinajstić information content (AvgIpc) is 3.19. The Bertz CT molecular complexity index is 466. The highest BCUT2D eigenvalue weighted by molar-refractivity contribution is 5.74. The van der Waals surface area contributed by atoms with Gasteiger partial charge in [-0.1, -0.05) is 24.0 Å². The van der Waals surface area contributed by atoms with E-state index in [-0.39, 0.29) is 6.03 Å². The van der Waals surface area contributed by atoms with Crippen molar-refractivity contribution in [2.45, 2.75) is 25.4 Å². The summed E-state index contributed by atoms with van der Waals surface area (Å²) in [5, 5.41) is 5.70. The van der Waals surface area contributed by atoms with E-state index >= 15 is 0 Å². The van der Waals surface area contributed by atoms with E-state index < -0.39 is 0 Å². The van der Waals surface area contributed by atoms with Crippen LogP contribution >= 0.6 is 0 Å². The molecule has 4 N–H and O–H groups in total. The first-order valence-electron chi connectivity index (χ1n) is 6.10. The minimum atomic E-state index is -0.0931. The summed E-state index contributed by atoms with van der Waals surface area (Å²) in [7, 11) is 0. The Morgan fingerprint density at radius 3 is 2.67 bits per heavy atom. The number of rotatable bonds is 3. The molecule has 1 aromatic carbocycles. The van der Waals surface area contributed by atoms with Crippen LogP contribution < -0.4 is 16.4 Å². The molecule has 94 valence electrons. The third-order valence-electron chi connectivity index (χ3n) is 2.65. The highest BCUT2D eigenvalue weighted by Crippen LogP contribution is 2.18. The maximum atomic E-state index is 11.4. The molecule has 1 saturated carbocycles. The molecule has 2 rings (SSSR count). The number of benzene rings is 1. The standard InChI is InChI=1S/C14H17N3O/c15-9-1-2-11-3-5-12(6-4-11)10-16-14(18)17-13-7-8-13/h3-6,13H,7-10,15H2,(H2,16,17,18). The number of nitrogens with one attached hydrogen (secondary N) is 2. The van der Waals surface area contributed by atoms with Crippen LogP contribution in [0.5, 0.6) is 0 Å². The summed E-state index contributed by atoms with van der Waals surface area (Å²) in [5.41, 5.74) is 7.30. The van der Waals surface area contributed by atoms with Gasteiger partial charge in [0, 0.05) is 18.2 Å². The number of hydrogen-bond donors (Lipinski definition) is 3. The van der Waals surface area contributed by atoms with Gasteiger partial charge in [-0.2, -0.15) is 0 Å². The van der Waals surface area contributed by atoms with Crippen molar-refractivity contribution in [3.63, 3.8) is 0 Å². The van der Waals surface area contributed by atoms with E-state index in [9.17, 15) is 4.79 Å². The fourth-order valence-electron chi connectivity index (χ4n) is 1.51. The zero-order valence-corrected chi connectivity index (χ0v) is 10.2. The molecule has 4 nitrogen and oxygen atoms in total. The Morgan fingerprint density at radius 2 is 2.06 bits per heavy atom. The highest BCUT2D eigenvalue weighted by atomic mass is 16.2. The summed E-state index contributed by atoms with van der Waals surface area (Å²) in [6, 6.07) is 8.07. The summed E-state index contributed by atoms with van der Waals surface area (Å²) in [6.07, 6.45) is 2.20. The first-order valence-corrected chi connectivity index (χ1v) is 6.10. The lowest BCUT2D eigenvalue weighted by atomic mass is 10.1. The van der Waals surface area contributed by atoms with Gasteiger partial charge in [0.1, 0.15) is 0 Å². The molecular formula is C14H17N3O. The van der Waals surface area contributed by atoms with Crippen molar-refractivity contribution in [3.8, 4) is 11.8 Å². The third-order valence-corrected chi connectivity index (χ3v) is 2.65. The lowest BCUT2D eigenvalue weighted by Crippen LogP contribution is -2.36. The topological polar surface area (TPSA) is 67.1 Å². The maximum Gasteiger partial charge on any atom is 0.315 e. The van der Waals surface area contributed by atoms with Crippen LogP contribution in [0, 0.1) is 11.8 Å². The van der Waals surface area contributed by atoms with E-state index in [0.717, 1.165) is 24.0 Å². The van der Waals surface area contributed by atoms with Crippen molar-refractivity contribution in [1.29, 1.82) is 0 Å². The van der Waals surface area contributed by atoms with E-state index in [1.54, 1.807) is 0 Å². The van der Waals surface area contributed by atoms with Gasteiger partial charge >= 0.3 is 6.03 Å². The molecule has 1 aliphatic carbocycles. The van der Waals surface area contributed by atoms with Gasteiger partial charge in [-0.3, -0.25) is 0 Å². The number of amides is 2. The Kier molecular flexibility index (Phi) is 4.21. The molecule has 0 heterocycles. The normalized spacial score (nSPS) is 13.4. The van der Waals surface area contributed by atoms with Crippen LogP contribution in [0.15, 0.2) is 24.3 Å². The Labute approximate surface area is 107 Å². The summed E-state index contributed by atoms with van der Waals surface area (Å²) < 4.78 is 0. The molecule has 0 bridgehead atoms. The monoisotopic (exact) mass is 243 g/mol. The number of carbonyl (C=O) groups excluding carboxylic acids is 1.